The number of para-hydroxylation sites is 1. The summed E-state index contributed by atoms with van der Waals surface area (Å²) in [5.74, 6) is 0. The van der Waals surface area contributed by atoms with Gasteiger partial charge in [-0.3, -0.25) is 0 Å². The molecule has 18 heavy (non-hydrogen) atoms. The van der Waals surface area contributed by atoms with Crippen LogP contribution in [0.1, 0.15) is 19.4 Å². The molecule has 0 fully saturated rings. The molecule has 2 aromatic rings. The standard InChI is InChI=1S/C17H19N/c1-14(2)17(15-10-6-4-7-11-15)18(3)16-12-8-5-9-13-16/h4-13H,1-3H3. The van der Waals surface area contributed by atoms with E-state index in [0.717, 1.165) is 0 Å². The van der Waals surface area contributed by atoms with Gasteiger partial charge in [-0.15, -0.1) is 0 Å². The fourth-order valence-corrected chi connectivity index (χ4v) is 2.19. The van der Waals surface area contributed by atoms with Gasteiger partial charge in [-0.25, -0.2) is 0 Å². The lowest BCUT2D eigenvalue weighted by atomic mass is 10.1. The molecule has 0 aliphatic heterocycles. The van der Waals surface area contributed by atoms with Crippen molar-refractivity contribution in [2.75, 3.05) is 11.9 Å². The minimum absolute atomic E-state index is 1.21. The third-order valence-corrected chi connectivity index (χ3v) is 3.00. The lowest BCUT2D eigenvalue weighted by molar-refractivity contribution is 1.18. The molecule has 92 valence electrons. The van der Waals surface area contributed by atoms with E-state index in [-0.39, 0.29) is 0 Å². The normalized spacial score (nSPS) is 9.94. The Balaban J connectivity index is 2.43. The van der Waals surface area contributed by atoms with E-state index in [4.69, 9.17) is 0 Å². The Kier molecular flexibility index (Phi) is 3.83. The first kappa shape index (κ1) is 12.4. The average molecular weight is 237 g/mol. The molecule has 0 heterocycles. The van der Waals surface area contributed by atoms with Crippen molar-refractivity contribution in [3.63, 3.8) is 0 Å². The fraction of sp³-hybridized carbons (Fsp3) is 0.176. The Morgan fingerprint density at radius 2 is 1.28 bits per heavy atom. The quantitative estimate of drug-likeness (QED) is 0.755. The van der Waals surface area contributed by atoms with Crippen molar-refractivity contribution in [1.29, 1.82) is 0 Å². The molecule has 0 spiro atoms. The lowest BCUT2D eigenvalue weighted by Gasteiger charge is -2.25. The monoisotopic (exact) mass is 237 g/mol. The van der Waals surface area contributed by atoms with Gasteiger partial charge in [0.15, 0.2) is 0 Å². The zero-order valence-corrected chi connectivity index (χ0v) is 11.2. The zero-order valence-electron chi connectivity index (χ0n) is 11.2. The van der Waals surface area contributed by atoms with E-state index in [1.54, 1.807) is 0 Å². The SMILES string of the molecule is CC(C)=C(c1ccccc1)N(C)c1ccccc1. The van der Waals surface area contributed by atoms with Crippen molar-refractivity contribution < 1.29 is 0 Å². The van der Waals surface area contributed by atoms with Crippen molar-refractivity contribution in [3.8, 4) is 0 Å². The van der Waals surface area contributed by atoms with Gasteiger partial charge in [0.25, 0.3) is 0 Å². The van der Waals surface area contributed by atoms with Gasteiger partial charge in [0, 0.05) is 18.4 Å². The number of nitrogens with zero attached hydrogens (tertiary/aromatic N) is 1. The molecule has 0 unspecified atom stereocenters. The summed E-state index contributed by atoms with van der Waals surface area (Å²) in [5, 5.41) is 0. The maximum atomic E-state index is 2.24. The summed E-state index contributed by atoms with van der Waals surface area (Å²) < 4.78 is 0. The summed E-state index contributed by atoms with van der Waals surface area (Å²) in [7, 11) is 2.12. The van der Waals surface area contributed by atoms with Crippen LogP contribution in [-0.2, 0) is 0 Å². The van der Waals surface area contributed by atoms with Crippen LogP contribution in [0.25, 0.3) is 5.70 Å². The van der Waals surface area contributed by atoms with Crippen LogP contribution in [0.5, 0.6) is 0 Å². The van der Waals surface area contributed by atoms with Gasteiger partial charge in [-0.1, -0.05) is 54.1 Å². The van der Waals surface area contributed by atoms with E-state index in [1.807, 2.05) is 6.07 Å². The van der Waals surface area contributed by atoms with Crippen LogP contribution in [0, 0.1) is 0 Å². The maximum absolute atomic E-state index is 2.24. The van der Waals surface area contributed by atoms with Gasteiger partial charge in [0.1, 0.15) is 0 Å². The van der Waals surface area contributed by atoms with E-state index in [9.17, 15) is 0 Å². The van der Waals surface area contributed by atoms with Crippen molar-refractivity contribution in [2.45, 2.75) is 13.8 Å². The summed E-state index contributed by atoms with van der Waals surface area (Å²) in [6.45, 7) is 4.31. The Labute approximate surface area is 109 Å². The second-order valence-corrected chi connectivity index (χ2v) is 4.61. The smallest absolute Gasteiger partial charge is 0.0467 e. The number of hydrogen-bond acceptors (Lipinski definition) is 1. The van der Waals surface area contributed by atoms with Crippen LogP contribution in [-0.4, -0.2) is 7.05 Å². The van der Waals surface area contributed by atoms with E-state index in [0.29, 0.717) is 0 Å². The molecule has 0 aromatic heterocycles. The van der Waals surface area contributed by atoms with E-state index in [2.05, 4.69) is 80.4 Å². The minimum Gasteiger partial charge on any atom is -0.344 e. The first-order valence-corrected chi connectivity index (χ1v) is 6.22. The summed E-state index contributed by atoms with van der Waals surface area (Å²) >= 11 is 0. The largest absolute Gasteiger partial charge is 0.344 e. The average Bonchev–Trinajstić information content (AvgIpc) is 2.40. The van der Waals surface area contributed by atoms with Crippen molar-refractivity contribution >= 4 is 11.4 Å². The molecule has 0 radical (unpaired) electrons. The Morgan fingerprint density at radius 3 is 1.78 bits per heavy atom. The van der Waals surface area contributed by atoms with Crippen LogP contribution in [0.2, 0.25) is 0 Å². The lowest BCUT2D eigenvalue weighted by Crippen LogP contribution is -2.16. The van der Waals surface area contributed by atoms with Gasteiger partial charge < -0.3 is 4.90 Å². The molecule has 0 aliphatic carbocycles. The van der Waals surface area contributed by atoms with E-state index >= 15 is 0 Å². The predicted molar refractivity (Wildman–Crippen MR) is 79.6 cm³/mol. The number of anilines is 1. The summed E-state index contributed by atoms with van der Waals surface area (Å²) in [6, 6.07) is 21.0. The van der Waals surface area contributed by atoms with Crippen LogP contribution in [0.15, 0.2) is 66.2 Å². The molecule has 2 rings (SSSR count). The molecule has 1 nitrogen and oxygen atoms in total. The highest BCUT2D eigenvalue weighted by Gasteiger charge is 2.10. The molecular formula is C17H19N. The highest BCUT2D eigenvalue weighted by Crippen LogP contribution is 2.26. The molecule has 0 amide bonds. The first-order chi connectivity index (χ1) is 8.70. The highest BCUT2D eigenvalue weighted by atomic mass is 15.1. The first-order valence-electron chi connectivity index (χ1n) is 6.22. The third-order valence-electron chi connectivity index (χ3n) is 3.00. The molecule has 2 aromatic carbocycles. The van der Waals surface area contributed by atoms with E-state index < -0.39 is 0 Å². The van der Waals surface area contributed by atoms with Crippen molar-refractivity contribution in [3.05, 3.63) is 71.8 Å². The number of allylic oxidation sites excluding steroid dienone is 1. The summed E-state index contributed by atoms with van der Waals surface area (Å²) in [4.78, 5) is 2.24. The second kappa shape index (κ2) is 5.54. The zero-order chi connectivity index (χ0) is 13.0. The molecule has 0 saturated heterocycles. The molecular weight excluding hydrogens is 218 g/mol. The molecule has 1 heteroatoms. The molecule has 0 bridgehead atoms. The molecule has 0 N–H and O–H groups in total. The van der Waals surface area contributed by atoms with Gasteiger partial charge in [-0.05, 0) is 31.5 Å². The van der Waals surface area contributed by atoms with Crippen molar-refractivity contribution in [1.82, 2.24) is 0 Å². The molecule has 0 aliphatic rings. The van der Waals surface area contributed by atoms with Crippen LogP contribution >= 0.6 is 0 Å². The van der Waals surface area contributed by atoms with Crippen molar-refractivity contribution in [2.24, 2.45) is 0 Å². The van der Waals surface area contributed by atoms with Crippen LogP contribution in [0.4, 0.5) is 5.69 Å². The number of benzene rings is 2. The Bertz CT molecular complexity index is 522. The Hall–Kier alpha value is -2.02. The van der Waals surface area contributed by atoms with E-state index in [1.165, 1.54) is 22.5 Å². The van der Waals surface area contributed by atoms with Gasteiger partial charge in [0.05, 0.1) is 0 Å². The predicted octanol–water partition coefficient (Wildman–Crippen LogP) is 4.57. The van der Waals surface area contributed by atoms with Crippen LogP contribution in [0.3, 0.4) is 0 Å². The van der Waals surface area contributed by atoms with Gasteiger partial charge in [0.2, 0.25) is 0 Å². The third kappa shape index (κ3) is 2.62. The maximum Gasteiger partial charge on any atom is 0.0467 e. The number of hydrogen-bond donors (Lipinski definition) is 0. The Morgan fingerprint density at radius 1 is 0.778 bits per heavy atom. The number of rotatable bonds is 3. The van der Waals surface area contributed by atoms with Crippen LogP contribution < -0.4 is 4.90 Å². The molecule has 0 atom stereocenters. The van der Waals surface area contributed by atoms with Gasteiger partial charge >= 0.3 is 0 Å². The fourth-order valence-electron chi connectivity index (χ4n) is 2.19. The molecule has 0 saturated carbocycles. The topological polar surface area (TPSA) is 3.24 Å². The minimum atomic E-state index is 1.21. The summed E-state index contributed by atoms with van der Waals surface area (Å²) in [5.41, 5.74) is 5.04. The summed E-state index contributed by atoms with van der Waals surface area (Å²) in [6.07, 6.45) is 0. The van der Waals surface area contributed by atoms with Gasteiger partial charge in [-0.2, -0.15) is 0 Å². The second-order valence-electron chi connectivity index (χ2n) is 4.61. The highest BCUT2D eigenvalue weighted by molar-refractivity contribution is 5.80.